The van der Waals surface area contributed by atoms with Gasteiger partial charge in [0.25, 0.3) is 0 Å². The van der Waals surface area contributed by atoms with Gasteiger partial charge in [-0.3, -0.25) is 9.59 Å². The van der Waals surface area contributed by atoms with E-state index in [-0.39, 0.29) is 12.3 Å². The first kappa shape index (κ1) is 14.9. The molecule has 0 aromatic heterocycles. The highest BCUT2D eigenvalue weighted by molar-refractivity contribution is 7.89. The number of nitrogens with zero attached hydrogens (tertiary/aromatic N) is 1. The molecule has 18 heavy (non-hydrogen) atoms. The van der Waals surface area contributed by atoms with Gasteiger partial charge < -0.3 is 15.5 Å². The van der Waals surface area contributed by atoms with Crippen molar-refractivity contribution in [1.29, 1.82) is 0 Å². The van der Waals surface area contributed by atoms with Crippen molar-refractivity contribution in [1.82, 2.24) is 20.3 Å². The van der Waals surface area contributed by atoms with Gasteiger partial charge in [0, 0.05) is 32.7 Å². The van der Waals surface area contributed by atoms with Crippen molar-refractivity contribution in [2.75, 3.05) is 45.5 Å². The van der Waals surface area contributed by atoms with Crippen LogP contribution in [0.15, 0.2) is 0 Å². The van der Waals surface area contributed by atoms with Crippen LogP contribution in [-0.2, 0) is 19.6 Å². The molecule has 0 atom stereocenters. The number of hydrogen-bond acceptors (Lipinski definition) is 5. The molecule has 1 aliphatic heterocycles. The Morgan fingerprint density at radius 2 is 1.89 bits per heavy atom. The van der Waals surface area contributed by atoms with E-state index < -0.39 is 21.8 Å². The molecule has 104 valence electrons. The van der Waals surface area contributed by atoms with Crippen molar-refractivity contribution in [3.8, 4) is 0 Å². The third-order valence-electron chi connectivity index (χ3n) is 2.57. The molecule has 0 bridgehead atoms. The Morgan fingerprint density at radius 3 is 2.44 bits per heavy atom. The highest BCUT2D eigenvalue weighted by Gasteiger charge is 2.23. The summed E-state index contributed by atoms with van der Waals surface area (Å²) in [5.41, 5.74) is 0. The summed E-state index contributed by atoms with van der Waals surface area (Å²) in [6.07, 6.45) is 0. The maximum Gasteiger partial charge on any atom is 0.311 e. The van der Waals surface area contributed by atoms with Crippen molar-refractivity contribution in [2.24, 2.45) is 0 Å². The van der Waals surface area contributed by atoms with Gasteiger partial charge in [0.05, 0.1) is 5.75 Å². The lowest BCUT2D eigenvalue weighted by molar-refractivity contribution is -0.146. The third-order valence-corrected chi connectivity index (χ3v) is 3.93. The first-order valence-corrected chi connectivity index (χ1v) is 7.30. The second-order valence-electron chi connectivity index (χ2n) is 3.82. The Labute approximate surface area is 106 Å². The lowest BCUT2D eigenvalue weighted by Gasteiger charge is -2.26. The topological polar surface area (TPSA) is 108 Å². The Bertz CT molecular complexity index is 403. The summed E-state index contributed by atoms with van der Waals surface area (Å²) >= 11 is 0. The lowest BCUT2D eigenvalue weighted by Crippen LogP contribution is -2.51. The number of carbonyl (C=O) groups is 2. The molecule has 1 fully saturated rings. The summed E-state index contributed by atoms with van der Waals surface area (Å²) in [4.78, 5) is 24.6. The molecule has 0 radical (unpaired) electrons. The van der Waals surface area contributed by atoms with Gasteiger partial charge in [0.2, 0.25) is 10.0 Å². The van der Waals surface area contributed by atoms with Crippen molar-refractivity contribution in [2.45, 2.75) is 0 Å². The summed E-state index contributed by atoms with van der Waals surface area (Å²) in [6, 6.07) is 0. The van der Waals surface area contributed by atoms with Gasteiger partial charge in [0.15, 0.2) is 0 Å². The molecule has 8 nitrogen and oxygen atoms in total. The second kappa shape index (κ2) is 6.66. The molecule has 3 N–H and O–H groups in total. The Morgan fingerprint density at radius 1 is 1.28 bits per heavy atom. The highest BCUT2D eigenvalue weighted by Crippen LogP contribution is 1.93. The number of nitrogens with one attached hydrogen (secondary N) is 3. The minimum atomic E-state index is -3.37. The largest absolute Gasteiger partial charge is 0.347 e. The minimum absolute atomic E-state index is 0.0835. The zero-order chi connectivity index (χ0) is 13.6. The first-order valence-electron chi connectivity index (χ1n) is 5.65. The first-order chi connectivity index (χ1) is 8.46. The molecule has 0 spiro atoms. The molecule has 1 saturated heterocycles. The number of piperazine rings is 1. The number of sulfonamides is 1. The normalized spacial score (nSPS) is 16.4. The molecule has 0 aliphatic carbocycles. The highest BCUT2D eigenvalue weighted by atomic mass is 32.2. The fourth-order valence-corrected chi connectivity index (χ4v) is 2.06. The van der Waals surface area contributed by atoms with Gasteiger partial charge in [-0.25, -0.2) is 13.1 Å². The van der Waals surface area contributed by atoms with E-state index in [1.165, 1.54) is 11.9 Å². The fourth-order valence-electron chi connectivity index (χ4n) is 1.49. The van der Waals surface area contributed by atoms with Crippen molar-refractivity contribution < 1.29 is 18.0 Å². The van der Waals surface area contributed by atoms with Crippen molar-refractivity contribution in [3.63, 3.8) is 0 Å². The van der Waals surface area contributed by atoms with E-state index in [1.54, 1.807) is 0 Å². The van der Waals surface area contributed by atoms with Crippen LogP contribution in [0.25, 0.3) is 0 Å². The summed E-state index contributed by atoms with van der Waals surface area (Å²) in [7, 11) is -2.07. The molecule has 0 saturated carbocycles. The zero-order valence-electron chi connectivity index (χ0n) is 10.2. The standard InChI is InChI=1S/C9H18N4O4S/c1-10-18(16,17)7-4-12-8(14)9(15)13-5-2-11-3-6-13/h10-11H,2-7H2,1H3,(H,12,14). The molecule has 2 amide bonds. The smallest absolute Gasteiger partial charge is 0.311 e. The van der Waals surface area contributed by atoms with E-state index >= 15 is 0 Å². The number of amides is 2. The van der Waals surface area contributed by atoms with Crippen LogP contribution in [0.2, 0.25) is 0 Å². The SMILES string of the molecule is CNS(=O)(=O)CCNC(=O)C(=O)N1CCNCC1. The molecule has 0 aromatic carbocycles. The number of hydrogen-bond donors (Lipinski definition) is 3. The maximum atomic E-state index is 11.6. The van der Waals surface area contributed by atoms with Gasteiger partial charge in [-0.05, 0) is 7.05 Å². The maximum absolute atomic E-state index is 11.6. The van der Waals surface area contributed by atoms with Crippen molar-refractivity contribution in [3.05, 3.63) is 0 Å². The Kier molecular flexibility index (Phi) is 5.51. The molecule has 9 heteroatoms. The van der Waals surface area contributed by atoms with Crippen LogP contribution in [0.4, 0.5) is 0 Å². The van der Waals surface area contributed by atoms with Crippen LogP contribution in [0.5, 0.6) is 0 Å². The molecule has 1 heterocycles. The average Bonchev–Trinajstić information content (AvgIpc) is 2.38. The van der Waals surface area contributed by atoms with Gasteiger partial charge in [-0.15, -0.1) is 0 Å². The molecule has 0 unspecified atom stereocenters. The van der Waals surface area contributed by atoms with E-state index in [0.29, 0.717) is 26.2 Å². The fraction of sp³-hybridized carbons (Fsp3) is 0.778. The molecule has 0 aromatic rings. The van der Waals surface area contributed by atoms with Crippen LogP contribution in [0.1, 0.15) is 0 Å². The van der Waals surface area contributed by atoms with E-state index in [1.807, 2.05) is 0 Å². The van der Waals surface area contributed by atoms with Crippen LogP contribution in [0, 0.1) is 0 Å². The lowest BCUT2D eigenvalue weighted by atomic mass is 10.3. The quantitative estimate of drug-likeness (QED) is 0.478. The number of rotatable bonds is 4. The monoisotopic (exact) mass is 278 g/mol. The van der Waals surface area contributed by atoms with E-state index in [2.05, 4.69) is 15.4 Å². The van der Waals surface area contributed by atoms with Gasteiger partial charge in [-0.2, -0.15) is 0 Å². The Balaban J connectivity index is 2.34. The second-order valence-corrected chi connectivity index (χ2v) is 5.87. The average molecular weight is 278 g/mol. The van der Waals surface area contributed by atoms with Crippen LogP contribution < -0.4 is 15.4 Å². The predicted octanol–water partition coefficient (Wildman–Crippen LogP) is -2.92. The molecule has 1 aliphatic rings. The Hall–Kier alpha value is -1.19. The summed E-state index contributed by atoms with van der Waals surface area (Å²) in [5.74, 6) is -1.62. The van der Waals surface area contributed by atoms with Crippen molar-refractivity contribution >= 4 is 21.8 Å². The van der Waals surface area contributed by atoms with E-state index in [4.69, 9.17) is 0 Å². The minimum Gasteiger partial charge on any atom is -0.347 e. The van der Waals surface area contributed by atoms with Crippen LogP contribution in [-0.4, -0.2) is 70.7 Å². The van der Waals surface area contributed by atoms with E-state index in [0.717, 1.165) is 0 Å². The predicted molar refractivity (Wildman–Crippen MR) is 65.3 cm³/mol. The van der Waals surface area contributed by atoms with E-state index in [9.17, 15) is 18.0 Å². The summed E-state index contributed by atoms with van der Waals surface area (Å²) in [6.45, 7) is 2.21. The van der Waals surface area contributed by atoms with Gasteiger partial charge >= 0.3 is 11.8 Å². The molecular formula is C9H18N4O4S. The van der Waals surface area contributed by atoms with Gasteiger partial charge in [-0.1, -0.05) is 0 Å². The summed E-state index contributed by atoms with van der Waals surface area (Å²) in [5, 5.41) is 5.37. The van der Waals surface area contributed by atoms with Gasteiger partial charge in [0.1, 0.15) is 0 Å². The summed E-state index contributed by atoms with van der Waals surface area (Å²) < 4.78 is 24.3. The molecular weight excluding hydrogens is 260 g/mol. The number of carbonyl (C=O) groups excluding carboxylic acids is 2. The zero-order valence-corrected chi connectivity index (χ0v) is 11.0. The van der Waals surface area contributed by atoms with Crippen LogP contribution in [0.3, 0.4) is 0 Å². The van der Waals surface area contributed by atoms with Crippen LogP contribution >= 0.6 is 0 Å². The third kappa shape index (κ3) is 4.59. The molecule has 1 rings (SSSR count).